The highest BCUT2D eigenvalue weighted by molar-refractivity contribution is 6.07. The standard InChI is InChI=1S/C21H27N3O5/c1-14-5-7-16(8-6-14)13-22-18(26)15(2)29-17(25)9-12-24-19(27)21(23-20(24)28)10-3-4-11-21/h5-8,15H,3-4,9-13H2,1-2H3,(H,22,26)(H,23,28)/t15-/m0/s1. The summed E-state index contributed by atoms with van der Waals surface area (Å²) in [5, 5.41) is 5.49. The Balaban J connectivity index is 1.42. The van der Waals surface area contributed by atoms with E-state index in [0.717, 1.165) is 28.9 Å². The van der Waals surface area contributed by atoms with Gasteiger partial charge in [-0.15, -0.1) is 0 Å². The van der Waals surface area contributed by atoms with Crippen LogP contribution in [0.5, 0.6) is 0 Å². The average molecular weight is 401 g/mol. The first-order valence-corrected chi connectivity index (χ1v) is 9.97. The van der Waals surface area contributed by atoms with E-state index in [-0.39, 0.29) is 18.9 Å². The minimum absolute atomic E-state index is 0.0526. The summed E-state index contributed by atoms with van der Waals surface area (Å²) in [6, 6.07) is 7.28. The van der Waals surface area contributed by atoms with E-state index in [1.54, 1.807) is 0 Å². The molecule has 8 heteroatoms. The van der Waals surface area contributed by atoms with Crippen molar-refractivity contribution in [2.24, 2.45) is 0 Å². The highest BCUT2D eigenvalue weighted by atomic mass is 16.5. The SMILES string of the molecule is Cc1ccc(CNC(=O)[C@H](C)OC(=O)CCN2C(=O)NC3(CCCC3)C2=O)cc1. The van der Waals surface area contributed by atoms with Crippen LogP contribution in [-0.4, -0.2) is 46.9 Å². The number of nitrogens with zero attached hydrogens (tertiary/aromatic N) is 1. The largest absolute Gasteiger partial charge is 0.452 e. The Morgan fingerprint density at radius 3 is 2.52 bits per heavy atom. The molecule has 0 bridgehead atoms. The second-order valence-electron chi connectivity index (χ2n) is 7.76. The van der Waals surface area contributed by atoms with Crippen molar-refractivity contribution in [3.05, 3.63) is 35.4 Å². The molecular formula is C21H27N3O5. The van der Waals surface area contributed by atoms with Crippen molar-refractivity contribution in [3.63, 3.8) is 0 Å². The fourth-order valence-corrected chi connectivity index (χ4v) is 3.75. The predicted octanol–water partition coefficient (Wildman–Crippen LogP) is 1.80. The third-order valence-corrected chi connectivity index (χ3v) is 5.51. The van der Waals surface area contributed by atoms with Crippen LogP contribution in [0.1, 0.15) is 50.2 Å². The van der Waals surface area contributed by atoms with Gasteiger partial charge in [-0.05, 0) is 32.3 Å². The third-order valence-electron chi connectivity index (χ3n) is 5.51. The van der Waals surface area contributed by atoms with E-state index in [2.05, 4.69) is 10.6 Å². The van der Waals surface area contributed by atoms with Crippen molar-refractivity contribution in [2.75, 3.05) is 6.54 Å². The second-order valence-corrected chi connectivity index (χ2v) is 7.76. The van der Waals surface area contributed by atoms with Crippen molar-refractivity contribution in [2.45, 2.75) is 64.1 Å². The summed E-state index contributed by atoms with van der Waals surface area (Å²) < 4.78 is 5.15. The van der Waals surface area contributed by atoms with E-state index >= 15 is 0 Å². The molecule has 1 saturated carbocycles. The van der Waals surface area contributed by atoms with Gasteiger partial charge in [0, 0.05) is 13.1 Å². The van der Waals surface area contributed by atoms with Gasteiger partial charge in [0.15, 0.2) is 6.10 Å². The zero-order valence-electron chi connectivity index (χ0n) is 16.8. The summed E-state index contributed by atoms with van der Waals surface area (Å²) in [6.45, 7) is 3.76. The molecule has 2 N–H and O–H groups in total. The van der Waals surface area contributed by atoms with Crippen LogP contribution in [0.2, 0.25) is 0 Å². The molecule has 3 rings (SSSR count). The third kappa shape index (κ3) is 4.75. The van der Waals surface area contributed by atoms with Crippen LogP contribution >= 0.6 is 0 Å². The normalized spacial score (nSPS) is 18.6. The van der Waals surface area contributed by atoms with Gasteiger partial charge in [0.1, 0.15) is 5.54 Å². The number of hydrogen-bond acceptors (Lipinski definition) is 5. The molecule has 156 valence electrons. The Morgan fingerprint density at radius 2 is 1.86 bits per heavy atom. The Bertz CT molecular complexity index is 799. The van der Waals surface area contributed by atoms with Gasteiger partial charge in [-0.2, -0.15) is 0 Å². The number of ether oxygens (including phenoxy) is 1. The number of hydrogen-bond donors (Lipinski definition) is 2. The molecule has 2 aliphatic rings. The first-order valence-electron chi connectivity index (χ1n) is 9.97. The lowest BCUT2D eigenvalue weighted by Crippen LogP contribution is -2.44. The lowest BCUT2D eigenvalue weighted by atomic mass is 9.98. The number of imide groups is 1. The number of nitrogens with one attached hydrogen (secondary N) is 2. The van der Waals surface area contributed by atoms with Crippen LogP contribution in [0.4, 0.5) is 4.79 Å². The van der Waals surface area contributed by atoms with E-state index in [4.69, 9.17) is 4.74 Å². The lowest BCUT2D eigenvalue weighted by Gasteiger charge is -2.20. The molecule has 0 aromatic heterocycles. The molecule has 8 nitrogen and oxygen atoms in total. The maximum Gasteiger partial charge on any atom is 0.325 e. The number of carbonyl (C=O) groups is 4. The summed E-state index contributed by atoms with van der Waals surface area (Å²) in [5.74, 6) is -1.30. The molecule has 1 aliphatic carbocycles. The number of benzene rings is 1. The fourth-order valence-electron chi connectivity index (χ4n) is 3.75. The highest BCUT2D eigenvalue weighted by Crippen LogP contribution is 2.35. The van der Waals surface area contributed by atoms with Crippen molar-refractivity contribution < 1.29 is 23.9 Å². The number of urea groups is 1. The summed E-state index contributed by atoms with van der Waals surface area (Å²) in [5.41, 5.74) is 1.29. The zero-order valence-corrected chi connectivity index (χ0v) is 16.8. The lowest BCUT2D eigenvalue weighted by molar-refractivity contribution is -0.155. The van der Waals surface area contributed by atoms with Crippen LogP contribution in [0, 0.1) is 6.92 Å². The van der Waals surface area contributed by atoms with E-state index in [9.17, 15) is 19.2 Å². The topological polar surface area (TPSA) is 105 Å². The van der Waals surface area contributed by atoms with Crippen molar-refractivity contribution in [1.29, 1.82) is 0 Å². The Hall–Kier alpha value is -2.90. The number of carbonyl (C=O) groups excluding carboxylic acids is 4. The van der Waals surface area contributed by atoms with E-state index < -0.39 is 29.6 Å². The zero-order chi connectivity index (χ0) is 21.0. The minimum atomic E-state index is -0.961. The van der Waals surface area contributed by atoms with E-state index in [1.165, 1.54) is 6.92 Å². The van der Waals surface area contributed by atoms with Crippen LogP contribution < -0.4 is 10.6 Å². The smallest absolute Gasteiger partial charge is 0.325 e. The molecule has 1 aliphatic heterocycles. The van der Waals surface area contributed by atoms with Gasteiger partial charge in [0.05, 0.1) is 6.42 Å². The van der Waals surface area contributed by atoms with Gasteiger partial charge in [0.2, 0.25) is 0 Å². The monoisotopic (exact) mass is 401 g/mol. The number of amides is 4. The number of rotatable bonds is 7. The first-order chi connectivity index (χ1) is 13.8. The molecule has 0 unspecified atom stereocenters. The van der Waals surface area contributed by atoms with Gasteiger partial charge >= 0.3 is 12.0 Å². The fraction of sp³-hybridized carbons (Fsp3) is 0.524. The van der Waals surface area contributed by atoms with Gasteiger partial charge in [-0.1, -0.05) is 42.7 Å². The molecule has 1 aromatic carbocycles. The van der Waals surface area contributed by atoms with Gasteiger partial charge in [-0.3, -0.25) is 19.3 Å². The second kappa shape index (κ2) is 8.63. The summed E-state index contributed by atoms with van der Waals surface area (Å²) in [7, 11) is 0. The molecule has 1 atom stereocenters. The summed E-state index contributed by atoms with van der Waals surface area (Å²) in [6.07, 6.45) is 1.96. The van der Waals surface area contributed by atoms with Gasteiger partial charge in [-0.25, -0.2) is 4.79 Å². The highest BCUT2D eigenvalue weighted by Gasteiger charge is 2.52. The Kier molecular flexibility index (Phi) is 6.20. The van der Waals surface area contributed by atoms with Crippen LogP contribution in [0.3, 0.4) is 0 Å². The Morgan fingerprint density at radius 1 is 1.21 bits per heavy atom. The minimum Gasteiger partial charge on any atom is -0.452 e. The maximum absolute atomic E-state index is 12.6. The predicted molar refractivity (Wildman–Crippen MR) is 105 cm³/mol. The molecule has 0 radical (unpaired) electrons. The molecular weight excluding hydrogens is 374 g/mol. The van der Waals surface area contributed by atoms with Crippen molar-refractivity contribution in [3.8, 4) is 0 Å². The summed E-state index contributed by atoms with van der Waals surface area (Å²) in [4.78, 5) is 50.0. The quantitative estimate of drug-likeness (QED) is 0.535. The van der Waals surface area contributed by atoms with Crippen LogP contribution in [-0.2, 0) is 25.7 Å². The van der Waals surface area contributed by atoms with E-state index in [1.807, 2.05) is 31.2 Å². The Labute approximate surface area is 170 Å². The molecule has 4 amide bonds. The molecule has 1 aromatic rings. The number of aryl methyl sites for hydroxylation is 1. The van der Waals surface area contributed by atoms with Crippen LogP contribution in [0.15, 0.2) is 24.3 Å². The van der Waals surface area contributed by atoms with Crippen molar-refractivity contribution in [1.82, 2.24) is 15.5 Å². The van der Waals surface area contributed by atoms with Crippen LogP contribution in [0.25, 0.3) is 0 Å². The molecule has 2 fully saturated rings. The van der Waals surface area contributed by atoms with E-state index in [0.29, 0.717) is 19.4 Å². The number of esters is 1. The molecule has 1 spiro atoms. The first kappa shape index (κ1) is 20.8. The van der Waals surface area contributed by atoms with Gasteiger partial charge < -0.3 is 15.4 Å². The van der Waals surface area contributed by atoms with Gasteiger partial charge in [0.25, 0.3) is 11.8 Å². The molecule has 1 heterocycles. The average Bonchev–Trinajstić information content (AvgIpc) is 3.25. The molecule has 29 heavy (non-hydrogen) atoms. The van der Waals surface area contributed by atoms with Crippen molar-refractivity contribution >= 4 is 23.8 Å². The molecule has 1 saturated heterocycles. The maximum atomic E-state index is 12.6. The summed E-state index contributed by atoms with van der Waals surface area (Å²) >= 11 is 0.